The largest absolute Gasteiger partial charge is 0.493 e. The average Bonchev–Trinajstić information content (AvgIpc) is 2.99. The Kier molecular flexibility index (Phi) is 12.6. The van der Waals surface area contributed by atoms with Gasteiger partial charge in [-0.1, -0.05) is 42.5 Å². The summed E-state index contributed by atoms with van der Waals surface area (Å²) < 4.78 is 41.6. The minimum Gasteiger partial charge on any atom is -0.493 e. The number of rotatable bonds is 16. The Labute approximate surface area is 257 Å². The van der Waals surface area contributed by atoms with E-state index in [1.54, 1.807) is 19.1 Å². The minimum atomic E-state index is -1.09. The second-order valence-corrected chi connectivity index (χ2v) is 10.9. The molecule has 0 spiro atoms. The van der Waals surface area contributed by atoms with Crippen LogP contribution in [0.4, 0.5) is 4.39 Å². The molecule has 1 heterocycles. The molecule has 44 heavy (non-hydrogen) atoms. The van der Waals surface area contributed by atoms with Gasteiger partial charge < -0.3 is 34.1 Å². The lowest BCUT2D eigenvalue weighted by Crippen LogP contribution is -2.46. The van der Waals surface area contributed by atoms with Gasteiger partial charge >= 0.3 is 5.97 Å². The molecule has 2 N–H and O–H groups in total. The van der Waals surface area contributed by atoms with Gasteiger partial charge in [-0.2, -0.15) is 0 Å². The summed E-state index contributed by atoms with van der Waals surface area (Å²) in [6.45, 7) is 8.51. The van der Waals surface area contributed by atoms with Gasteiger partial charge in [-0.3, -0.25) is 4.79 Å². The van der Waals surface area contributed by atoms with Crippen LogP contribution >= 0.6 is 0 Å². The zero-order chi connectivity index (χ0) is 32.3. The van der Waals surface area contributed by atoms with Gasteiger partial charge in [0.1, 0.15) is 18.0 Å². The number of ether oxygens (including phenoxy) is 5. The predicted molar refractivity (Wildman–Crippen MR) is 160 cm³/mol. The minimum absolute atomic E-state index is 0.0150. The number of aliphatic hydroxyl groups excluding tert-OH is 1. The lowest BCUT2D eigenvalue weighted by atomic mass is 9.81. The van der Waals surface area contributed by atoms with Crippen LogP contribution in [-0.4, -0.2) is 59.9 Å². The van der Waals surface area contributed by atoms with E-state index in [1.807, 2.05) is 44.2 Å². The Bertz CT molecular complexity index is 1350. The first-order valence-electron chi connectivity index (χ1n) is 14.3. The van der Waals surface area contributed by atoms with Crippen molar-refractivity contribution < 1.29 is 42.8 Å². The Balaban J connectivity index is 1.73. The van der Waals surface area contributed by atoms with Crippen molar-refractivity contribution in [2.45, 2.75) is 71.7 Å². The van der Waals surface area contributed by atoms with E-state index in [0.29, 0.717) is 13.0 Å². The Morgan fingerprint density at radius 2 is 1.68 bits per heavy atom. The number of nitrogens with one attached hydrogen (secondary N) is 1. The molecular formula is C33H41FN2O8. The number of hydrogen-bond acceptors (Lipinski definition) is 9. The normalized spacial score (nSPS) is 14.2. The number of aromatic nitrogens is 1. The summed E-state index contributed by atoms with van der Waals surface area (Å²) in [5.41, 5.74) is 0.944. The molecule has 11 heteroatoms. The highest BCUT2D eigenvalue weighted by atomic mass is 19.1. The third-order valence-electron chi connectivity index (χ3n) is 7.10. The number of benzene rings is 2. The first-order valence-corrected chi connectivity index (χ1v) is 14.3. The molecule has 4 atom stereocenters. The SMILES string of the molecule is COc1ccnc(C(=O)N[C@@H](C)C(=O)O[C@@H](C)[C@H](Cc2ccc(F)cc2)C(C)(C)OCc2ccccc2)c1OCOC(C)O. The summed E-state index contributed by atoms with van der Waals surface area (Å²) in [6.07, 6.45) is 0.0652. The van der Waals surface area contributed by atoms with Crippen LogP contribution in [0.5, 0.6) is 11.5 Å². The van der Waals surface area contributed by atoms with Crippen molar-refractivity contribution in [1.29, 1.82) is 0 Å². The van der Waals surface area contributed by atoms with Gasteiger partial charge in [0.25, 0.3) is 5.91 Å². The van der Waals surface area contributed by atoms with E-state index in [-0.39, 0.29) is 35.7 Å². The van der Waals surface area contributed by atoms with Gasteiger partial charge in [-0.25, -0.2) is 14.2 Å². The van der Waals surface area contributed by atoms with Crippen molar-refractivity contribution in [3.8, 4) is 11.5 Å². The van der Waals surface area contributed by atoms with E-state index in [9.17, 15) is 19.1 Å². The number of esters is 1. The number of nitrogens with zero attached hydrogens (tertiary/aromatic N) is 1. The van der Waals surface area contributed by atoms with Crippen LogP contribution in [0.15, 0.2) is 66.9 Å². The molecule has 0 radical (unpaired) electrons. The van der Waals surface area contributed by atoms with E-state index < -0.39 is 35.9 Å². The van der Waals surface area contributed by atoms with Gasteiger partial charge in [0.2, 0.25) is 0 Å². The molecule has 0 aliphatic rings. The molecule has 238 valence electrons. The summed E-state index contributed by atoms with van der Waals surface area (Å²) in [6, 6.07) is 16.3. The van der Waals surface area contributed by atoms with Crippen molar-refractivity contribution in [3.63, 3.8) is 0 Å². The smallest absolute Gasteiger partial charge is 0.328 e. The van der Waals surface area contributed by atoms with Crippen LogP contribution in [-0.2, 0) is 32.0 Å². The van der Waals surface area contributed by atoms with Crippen molar-refractivity contribution >= 4 is 11.9 Å². The molecule has 0 aliphatic carbocycles. The number of amides is 1. The highest BCUT2D eigenvalue weighted by molar-refractivity contribution is 5.98. The fourth-order valence-electron chi connectivity index (χ4n) is 4.58. The summed E-state index contributed by atoms with van der Waals surface area (Å²) in [4.78, 5) is 30.5. The summed E-state index contributed by atoms with van der Waals surface area (Å²) in [7, 11) is 1.40. The Morgan fingerprint density at radius 3 is 2.32 bits per heavy atom. The summed E-state index contributed by atoms with van der Waals surface area (Å²) in [5.74, 6) is -1.86. The zero-order valence-electron chi connectivity index (χ0n) is 25.9. The molecule has 0 saturated heterocycles. The van der Waals surface area contributed by atoms with Crippen molar-refractivity contribution in [3.05, 3.63) is 89.5 Å². The number of hydrogen-bond donors (Lipinski definition) is 2. The third-order valence-corrected chi connectivity index (χ3v) is 7.10. The van der Waals surface area contributed by atoms with E-state index in [4.69, 9.17) is 23.7 Å². The van der Waals surface area contributed by atoms with Crippen LogP contribution < -0.4 is 14.8 Å². The molecule has 10 nitrogen and oxygen atoms in total. The highest BCUT2D eigenvalue weighted by Gasteiger charge is 2.37. The maximum atomic E-state index is 13.6. The lowest BCUT2D eigenvalue weighted by molar-refractivity contribution is -0.162. The van der Waals surface area contributed by atoms with Crippen LogP contribution in [0.1, 0.15) is 56.2 Å². The first-order chi connectivity index (χ1) is 20.9. The zero-order valence-corrected chi connectivity index (χ0v) is 25.9. The topological polar surface area (TPSA) is 125 Å². The fourth-order valence-corrected chi connectivity index (χ4v) is 4.58. The maximum Gasteiger partial charge on any atom is 0.328 e. The Hall–Kier alpha value is -4.06. The molecule has 0 bridgehead atoms. The van der Waals surface area contributed by atoms with Crippen LogP contribution in [0.3, 0.4) is 0 Å². The third kappa shape index (κ3) is 10.0. The molecule has 0 saturated carbocycles. The molecule has 1 unspecified atom stereocenters. The maximum absolute atomic E-state index is 13.6. The van der Waals surface area contributed by atoms with Gasteiger partial charge in [-0.15, -0.1) is 0 Å². The van der Waals surface area contributed by atoms with Crippen molar-refractivity contribution in [2.24, 2.45) is 5.92 Å². The number of pyridine rings is 1. The molecule has 0 aliphatic heterocycles. The summed E-state index contributed by atoms with van der Waals surface area (Å²) >= 11 is 0. The Morgan fingerprint density at radius 1 is 1.00 bits per heavy atom. The average molecular weight is 613 g/mol. The second-order valence-electron chi connectivity index (χ2n) is 10.9. The standard InChI is InChI=1S/C33H41FN2O8/c1-21(36-31(38)29-30(42-20-41-23(3)37)28(40-6)16-17-35-29)32(39)44-22(2)27(18-24-12-14-26(34)15-13-24)33(4,5)43-19-25-10-8-7-9-11-25/h7-17,21-23,27,37H,18-20H2,1-6H3,(H,36,38)/t21-,22-,23?,27-/m0/s1. The van der Waals surface area contributed by atoms with Crippen LogP contribution in [0.2, 0.25) is 0 Å². The van der Waals surface area contributed by atoms with Gasteiger partial charge in [0.15, 0.2) is 30.3 Å². The predicted octanol–water partition coefficient (Wildman–Crippen LogP) is 4.82. The van der Waals surface area contributed by atoms with E-state index >= 15 is 0 Å². The van der Waals surface area contributed by atoms with E-state index in [0.717, 1.165) is 11.1 Å². The molecule has 2 aromatic carbocycles. The number of aliphatic hydroxyl groups is 1. The number of carbonyl (C=O) groups excluding carboxylic acids is 2. The molecular weight excluding hydrogens is 571 g/mol. The molecule has 0 fully saturated rings. The van der Waals surface area contributed by atoms with Gasteiger partial charge in [0.05, 0.1) is 19.3 Å². The van der Waals surface area contributed by atoms with Crippen LogP contribution in [0.25, 0.3) is 0 Å². The fraction of sp³-hybridized carbons (Fsp3) is 0.424. The monoisotopic (exact) mass is 612 g/mol. The van der Waals surface area contributed by atoms with E-state index in [1.165, 1.54) is 45.4 Å². The number of methoxy groups -OCH3 is 1. The first kappa shape index (κ1) is 34.4. The van der Waals surface area contributed by atoms with Gasteiger partial charge in [-0.05, 0) is 64.3 Å². The highest BCUT2D eigenvalue weighted by Crippen LogP contribution is 2.32. The molecule has 3 aromatic rings. The van der Waals surface area contributed by atoms with E-state index in [2.05, 4.69) is 10.3 Å². The quantitative estimate of drug-likeness (QED) is 0.173. The lowest BCUT2D eigenvalue weighted by Gasteiger charge is -2.38. The number of halogens is 1. The summed E-state index contributed by atoms with van der Waals surface area (Å²) in [5, 5.41) is 11.9. The molecule has 3 rings (SSSR count). The second kappa shape index (κ2) is 16.1. The van der Waals surface area contributed by atoms with Gasteiger partial charge in [0, 0.05) is 18.2 Å². The van der Waals surface area contributed by atoms with Crippen molar-refractivity contribution in [1.82, 2.24) is 10.3 Å². The molecule has 1 amide bonds. The van der Waals surface area contributed by atoms with Crippen LogP contribution in [0, 0.1) is 11.7 Å². The number of carbonyl (C=O) groups is 2. The van der Waals surface area contributed by atoms with Crippen molar-refractivity contribution in [2.75, 3.05) is 13.9 Å². The molecule has 1 aromatic heterocycles.